The molecule has 0 spiro atoms. The third-order valence-electron chi connectivity index (χ3n) is 5.43. The fourth-order valence-electron chi connectivity index (χ4n) is 3.80. The number of aromatic nitrogens is 4. The molecule has 0 amide bonds. The van der Waals surface area contributed by atoms with E-state index in [9.17, 15) is 0 Å². The molecule has 5 aromatic rings. The Labute approximate surface area is 184 Å². The van der Waals surface area contributed by atoms with Crippen molar-refractivity contribution in [1.29, 1.82) is 0 Å². The normalized spacial score (nSPS) is 11.8. The molecule has 0 atom stereocenters. The SMILES string of the molecule is Cc1ccc(-c2nnc(-c3ccc(N=C4c5cccnc5-c5ncccc54)cc3)o2)cc1. The molecule has 0 saturated heterocycles. The number of fused-ring (bicyclic) bond motifs is 3. The first-order valence-corrected chi connectivity index (χ1v) is 10.3. The molecule has 6 heteroatoms. The van der Waals surface area contributed by atoms with Crippen LogP contribution < -0.4 is 0 Å². The first-order valence-electron chi connectivity index (χ1n) is 10.3. The van der Waals surface area contributed by atoms with Gasteiger partial charge in [-0.05, 0) is 67.6 Å². The summed E-state index contributed by atoms with van der Waals surface area (Å²) in [5, 5.41) is 8.40. The number of hydrogen-bond donors (Lipinski definition) is 0. The van der Waals surface area contributed by atoms with Gasteiger partial charge in [-0.3, -0.25) is 9.97 Å². The predicted octanol–water partition coefficient (Wildman–Crippen LogP) is 5.65. The van der Waals surface area contributed by atoms with Crippen LogP contribution in [0.5, 0.6) is 0 Å². The van der Waals surface area contributed by atoms with E-state index in [1.165, 1.54) is 5.56 Å². The highest BCUT2D eigenvalue weighted by Crippen LogP contribution is 2.35. The van der Waals surface area contributed by atoms with E-state index >= 15 is 0 Å². The first kappa shape index (κ1) is 18.3. The standard InChI is InChI=1S/C26H17N5O/c1-16-6-8-17(9-7-16)25-30-31-26(32-25)18-10-12-19(13-11-18)29-22-20-4-2-14-27-23(20)24-21(22)5-3-15-28-24/h2-15H,1H3. The summed E-state index contributed by atoms with van der Waals surface area (Å²) in [4.78, 5) is 13.9. The fourth-order valence-corrected chi connectivity index (χ4v) is 3.80. The lowest BCUT2D eigenvalue weighted by atomic mass is 10.1. The highest BCUT2D eigenvalue weighted by atomic mass is 16.4. The van der Waals surface area contributed by atoms with Crippen molar-refractivity contribution in [3.63, 3.8) is 0 Å². The van der Waals surface area contributed by atoms with Gasteiger partial charge in [0.15, 0.2) is 0 Å². The van der Waals surface area contributed by atoms with Crippen molar-refractivity contribution in [2.75, 3.05) is 0 Å². The summed E-state index contributed by atoms with van der Waals surface area (Å²) < 4.78 is 5.89. The van der Waals surface area contributed by atoms with E-state index in [1.54, 1.807) is 12.4 Å². The molecule has 152 valence electrons. The second kappa shape index (κ2) is 7.35. The van der Waals surface area contributed by atoms with Gasteiger partial charge in [0.05, 0.1) is 22.8 Å². The molecule has 6 nitrogen and oxygen atoms in total. The van der Waals surface area contributed by atoms with E-state index in [-0.39, 0.29) is 0 Å². The molecule has 3 heterocycles. The molecular formula is C26H17N5O. The maximum absolute atomic E-state index is 5.89. The molecule has 0 unspecified atom stereocenters. The fraction of sp³-hybridized carbons (Fsp3) is 0.0385. The van der Waals surface area contributed by atoms with Crippen molar-refractivity contribution >= 4 is 11.4 Å². The number of nitrogens with zero attached hydrogens (tertiary/aromatic N) is 5. The minimum atomic E-state index is 0.477. The number of aliphatic imine (C=N–C) groups is 1. The van der Waals surface area contributed by atoms with Crippen molar-refractivity contribution in [3.8, 4) is 34.3 Å². The molecular weight excluding hydrogens is 398 g/mol. The summed E-state index contributed by atoms with van der Waals surface area (Å²) in [6.45, 7) is 2.05. The van der Waals surface area contributed by atoms with Gasteiger partial charge >= 0.3 is 0 Å². The third-order valence-corrected chi connectivity index (χ3v) is 5.43. The Morgan fingerprint density at radius 3 is 1.75 bits per heavy atom. The number of hydrogen-bond acceptors (Lipinski definition) is 6. The van der Waals surface area contributed by atoms with Crippen molar-refractivity contribution in [3.05, 3.63) is 102 Å². The molecule has 0 bridgehead atoms. The molecule has 0 N–H and O–H groups in total. The predicted molar refractivity (Wildman–Crippen MR) is 123 cm³/mol. The Bertz CT molecular complexity index is 1420. The maximum atomic E-state index is 5.89. The number of pyridine rings is 2. The van der Waals surface area contributed by atoms with E-state index in [2.05, 4.69) is 20.2 Å². The first-order chi connectivity index (χ1) is 15.8. The van der Waals surface area contributed by atoms with Crippen molar-refractivity contribution < 1.29 is 4.42 Å². The van der Waals surface area contributed by atoms with E-state index in [0.717, 1.165) is 45.0 Å². The van der Waals surface area contributed by atoms with Crippen LogP contribution in [0.15, 0.2) is 94.6 Å². The lowest BCUT2D eigenvalue weighted by Gasteiger charge is -2.02. The molecule has 6 rings (SSSR count). The molecule has 1 aliphatic rings. The molecule has 0 fully saturated rings. The lowest BCUT2D eigenvalue weighted by Crippen LogP contribution is -1.97. The van der Waals surface area contributed by atoms with Gasteiger partial charge in [0.1, 0.15) is 0 Å². The summed E-state index contributed by atoms with van der Waals surface area (Å²) in [7, 11) is 0. The van der Waals surface area contributed by atoms with Crippen LogP contribution in [-0.2, 0) is 0 Å². The van der Waals surface area contributed by atoms with E-state index in [4.69, 9.17) is 9.41 Å². The Kier molecular flexibility index (Phi) is 4.21. The van der Waals surface area contributed by atoms with Gasteiger partial charge in [0.25, 0.3) is 0 Å². The Balaban J connectivity index is 1.33. The van der Waals surface area contributed by atoms with Crippen LogP contribution in [0.25, 0.3) is 34.3 Å². The van der Waals surface area contributed by atoms with Gasteiger partial charge in [0, 0.05) is 34.6 Å². The molecule has 0 aliphatic heterocycles. The van der Waals surface area contributed by atoms with Crippen molar-refractivity contribution in [1.82, 2.24) is 20.2 Å². The van der Waals surface area contributed by atoms with Crippen LogP contribution in [-0.4, -0.2) is 25.9 Å². The second-order valence-corrected chi connectivity index (χ2v) is 7.58. The minimum Gasteiger partial charge on any atom is -0.416 e. The van der Waals surface area contributed by atoms with Crippen LogP contribution in [0.3, 0.4) is 0 Å². The molecule has 2 aromatic carbocycles. The Morgan fingerprint density at radius 1 is 0.656 bits per heavy atom. The number of aryl methyl sites for hydroxylation is 1. The third kappa shape index (κ3) is 3.09. The van der Waals surface area contributed by atoms with Crippen LogP contribution in [0, 0.1) is 6.92 Å². The Hall–Kier alpha value is -4.45. The molecule has 3 aromatic heterocycles. The smallest absolute Gasteiger partial charge is 0.248 e. The average molecular weight is 415 g/mol. The molecule has 0 saturated carbocycles. The summed E-state index contributed by atoms with van der Waals surface area (Å²) in [6.07, 6.45) is 3.56. The number of rotatable bonds is 3. The highest BCUT2D eigenvalue weighted by Gasteiger charge is 2.26. The largest absolute Gasteiger partial charge is 0.416 e. The van der Waals surface area contributed by atoms with Crippen LogP contribution >= 0.6 is 0 Å². The van der Waals surface area contributed by atoms with Gasteiger partial charge in [-0.1, -0.05) is 17.7 Å². The lowest BCUT2D eigenvalue weighted by molar-refractivity contribution is 0.584. The van der Waals surface area contributed by atoms with Gasteiger partial charge < -0.3 is 4.42 Å². The minimum absolute atomic E-state index is 0.477. The monoisotopic (exact) mass is 415 g/mol. The summed E-state index contributed by atoms with van der Waals surface area (Å²) >= 11 is 0. The zero-order valence-electron chi connectivity index (χ0n) is 17.2. The van der Waals surface area contributed by atoms with Gasteiger partial charge in [-0.25, -0.2) is 4.99 Å². The van der Waals surface area contributed by atoms with Crippen LogP contribution in [0.2, 0.25) is 0 Å². The maximum Gasteiger partial charge on any atom is 0.248 e. The molecule has 32 heavy (non-hydrogen) atoms. The van der Waals surface area contributed by atoms with Gasteiger partial charge in [0.2, 0.25) is 11.8 Å². The van der Waals surface area contributed by atoms with Crippen LogP contribution in [0.4, 0.5) is 5.69 Å². The van der Waals surface area contributed by atoms with E-state index in [0.29, 0.717) is 11.8 Å². The molecule has 1 aliphatic carbocycles. The highest BCUT2D eigenvalue weighted by molar-refractivity contribution is 6.23. The van der Waals surface area contributed by atoms with E-state index < -0.39 is 0 Å². The van der Waals surface area contributed by atoms with Crippen molar-refractivity contribution in [2.24, 2.45) is 4.99 Å². The van der Waals surface area contributed by atoms with Crippen molar-refractivity contribution in [2.45, 2.75) is 6.92 Å². The topological polar surface area (TPSA) is 77.1 Å². The zero-order chi connectivity index (χ0) is 21.5. The zero-order valence-corrected chi connectivity index (χ0v) is 17.2. The summed E-state index contributed by atoms with van der Waals surface area (Å²) in [5.74, 6) is 0.980. The average Bonchev–Trinajstić information content (AvgIpc) is 3.45. The van der Waals surface area contributed by atoms with E-state index in [1.807, 2.05) is 79.7 Å². The van der Waals surface area contributed by atoms with Gasteiger partial charge in [-0.2, -0.15) is 0 Å². The Morgan fingerprint density at radius 2 is 1.19 bits per heavy atom. The summed E-state index contributed by atoms with van der Waals surface area (Å²) in [6, 6.07) is 23.7. The quantitative estimate of drug-likeness (QED) is 0.373. The number of benzene rings is 2. The van der Waals surface area contributed by atoms with Gasteiger partial charge in [-0.15, -0.1) is 10.2 Å². The second-order valence-electron chi connectivity index (χ2n) is 7.58. The van der Waals surface area contributed by atoms with Crippen LogP contribution in [0.1, 0.15) is 16.7 Å². The molecule has 0 radical (unpaired) electrons. The summed E-state index contributed by atoms with van der Waals surface area (Å²) in [5.41, 5.74) is 8.35.